The quantitative estimate of drug-likeness (QED) is 0.743. The van der Waals surface area contributed by atoms with E-state index >= 15 is 0 Å². The largest absolute Gasteiger partial charge is 0.481 e. The molecule has 1 atom stereocenters. The van der Waals surface area contributed by atoms with Gasteiger partial charge in [-0.05, 0) is 32.6 Å². The van der Waals surface area contributed by atoms with Crippen LogP contribution in [0.15, 0.2) is 11.6 Å². The standard InChI is InChI=1S/C12H19NO3/c1-9(2)6-11(14)13-5-3-4-10(8-13)7-12(15)16/h6,10H,3-5,7-8H2,1-2H3,(H,15,16). The highest BCUT2D eigenvalue weighted by Crippen LogP contribution is 2.19. The van der Waals surface area contributed by atoms with Gasteiger partial charge >= 0.3 is 5.97 Å². The molecular formula is C12H19NO3. The zero-order valence-electron chi connectivity index (χ0n) is 9.90. The van der Waals surface area contributed by atoms with Crippen molar-refractivity contribution in [3.8, 4) is 0 Å². The van der Waals surface area contributed by atoms with E-state index in [1.807, 2.05) is 13.8 Å². The van der Waals surface area contributed by atoms with Crippen LogP contribution in [0.25, 0.3) is 0 Å². The van der Waals surface area contributed by atoms with Crippen LogP contribution in [-0.2, 0) is 9.59 Å². The fourth-order valence-corrected chi connectivity index (χ4v) is 2.02. The molecule has 0 aromatic carbocycles. The van der Waals surface area contributed by atoms with E-state index in [1.54, 1.807) is 11.0 Å². The van der Waals surface area contributed by atoms with E-state index in [9.17, 15) is 9.59 Å². The Morgan fingerprint density at radius 2 is 2.12 bits per heavy atom. The third kappa shape index (κ3) is 4.04. The number of carbonyl (C=O) groups is 2. The van der Waals surface area contributed by atoms with E-state index in [-0.39, 0.29) is 18.2 Å². The van der Waals surface area contributed by atoms with Crippen molar-refractivity contribution in [1.29, 1.82) is 0 Å². The Morgan fingerprint density at radius 1 is 1.44 bits per heavy atom. The number of rotatable bonds is 3. The van der Waals surface area contributed by atoms with Crippen LogP contribution >= 0.6 is 0 Å². The van der Waals surface area contributed by atoms with Crippen LogP contribution in [0, 0.1) is 5.92 Å². The molecule has 1 heterocycles. The second-order valence-electron chi connectivity index (χ2n) is 4.61. The number of aliphatic carboxylic acids is 1. The summed E-state index contributed by atoms with van der Waals surface area (Å²) in [5, 5.41) is 8.72. The minimum atomic E-state index is -0.776. The molecular weight excluding hydrogens is 206 g/mol. The molecule has 1 N–H and O–H groups in total. The average Bonchev–Trinajstić information content (AvgIpc) is 2.16. The first-order valence-corrected chi connectivity index (χ1v) is 5.64. The molecule has 0 aromatic heterocycles. The number of nitrogens with zero attached hydrogens (tertiary/aromatic N) is 1. The summed E-state index contributed by atoms with van der Waals surface area (Å²) in [6, 6.07) is 0. The van der Waals surface area contributed by atoms with Gasteiger partial charge in [0.15, 0.2) is 0 Å². The van der Waals surface area contributed by atoms with Gasteiger partial charge in [0.1, 0.15) is 0 Å². The maximum absolute atomic E-state index is 11.7. The van der Waals surface area contributed by atoms with Crippen molar-refractivity contribution in [3.63, 3.8) is 0 Å². The molecule has 1 amide bonds. The minimum Gasteiger partial charge on any atom is -0.481 e. The predicted molar refractivity (Wildman–Crippen MR) is 61.0 cm³/mol. The number of amides is 1. The topological polar surface area (TPSA) is 57.6 Å². The van der Waals surface area contributed by atoms with Gasteiger partial charge in [-0.2, -0.15) is 0 Å². The van der Waals surface area contributed by atoms with Crippen molar-refractivity contribution in [2.24, 2.45) is 5.92 Å². The molecule has 0 saturated carbocycles. The Kier molecular flexibility index (Phi) is 4.52. The highest BCUT2D eigenvalue weighted by atomic mass is 16.4. The number of piperidine rings is 1. The van der Waals surface area contributed by atoms with Gasteiger partial charge < -0.3 is 10.0 Å². The summed E-state index contributed by atoms with van der Waals surface area (Å²) in [6.07, 6.45) is 3.59. The van der Waals surface area contributed by atoms with Crippen molar-refractivity contribution < 1.29 is 14.7 Å². The molecule has 0 aliphatic carbocycles. The maximum Gasteiger partial charge on any atom is 0.303 e. The van der Waals surface area contributed by atoms with E-state index in [4.69, 9.17) is 5.11 Å². The van der Waals surface area contributed by atoms with Crippen LogP contribution in [0.5, 0.6) is 0 Å². The molecule has 0 spiro atoms. The molecule has 1 rings (SSSR count). The van der Waals surface area contributed by atoms with Gasteiger partial charge in [0.05, 0.1) is 0 Å². The molecule has 0 radical (unpaired) electrons. The fourth-order valence-electron chi connectivity index (χ4n) is 2.02. The van der Waals surface area contributed by atoms with E-state index in [1.165, 1.54) is 0 Å². The smallest absolute Gasteiger partial charge is 0.303 e. The molecule has 1 aliphatic rings. The van der Waals surface area contributed by atoms with Crippen molar-refractivity contribution >= 4 is 11.9 Å². The number of hydrogen-bond acceptors (Lipinski definition) is 2. The number of carboxylic acid groups (broad SMARTS) is 1. The molecule has 90 valence electrons. The lowest BCUT2D eigenvalue weighted by Crippen LogP contribution is -2.39. The van der Waals surface area contributed by atoms with E-state index in [0.717, 1.165) is 25.0 Å². The highest BCUT2D eigenvalue weighted by molar-refractivity contribution is 5.88. The third-order valence-electron chi connectivity index (χ3n) is 2.71. The fraction of sp³-hybridized carbons (Fsp3) is 0.667. The monoisotopic (exact) mass is 225 g/mol. The summed E-state index contributed by atoms with van der Waals surface area (Å²) in [5.41, 5.74) is 0.977. The highest BCUT2D eigenvalue weighted by Gasteiger charge is 2.24. The van der Waals surface area contributed by atoms with Crippen LogP contribution in [0.1, 0.15) is 33.1 Å². The summed E-state index contributed by atoms with van der Waals surface area (Å²) in [6.45, 7) is 5.10. The van der Waals surface area contributed by atoms with Gasteiger partial charge in [0.2, 0.25) is 5.91 Å². The average molecular weight is 225 g/mol. The summed E-state index contributed by atoms with van der Waals surface area (Å²) in [5.74, 6) is -0.655. The molecule has 4 heteroatoms. The minimum absolute atomic E-state index is 0.00934. The maximum atomic E-state index is 11.7. The Bertz CT molecular complexity index is 305. The van der Waals surface area contributed by atoms with Gasteiger partial charge in [-0.15, -0.1) is 0 Å². The number of likely N-dealkylation sites (tertiary alicyclic amines) is 1. The molecule has 16 heavy (non-hydrogen) atoms. The van der Waals surface area contributed by atoms with Crippen LogP contribution < -0.4 is 0 Å². The summed E-state index contributed by atoms with van der Waals surface area (Å²) in [7, 11) is 0. The lowest BCUT2D eigenvalue weighted by atomic mass is 9.95. The Labute approximate surface area is 95.9 Å². The van der Waals surface area contributed by atoms with Gasteiger partial charge in [0, 0.05) is 25.6 Å². The SMILES string of the molecule is CC(C)=CC(=O)N1CCCC(CC(=O)O)C1. The zero-order chi connectivity index (χ0) is 12.1. The molecule has 1 unspecified atom stereocenters. The zero-order valence-corrected chi connectivity index (χ0v) is 9.90. The second-order valence-corrected chi connectivity index (χ2v) is 4.61. The lowest BCUT2D eigenvalue weighted by Gasteiger charge is -2.31. The first-order valence-electron chi connectivity index (χ1n) is 5.64. The van der Waals surface area contributed by atoms with Gasteiger partial charge in [0.25, 0.3) is 0 Å². The summed E-state index contributed by atoms with van der Waals surface area (Å²) >= 11 is 0. The first-order chi connectivity index (χ1) is 7.49. The molecule has 0 bridgehead atoms. The van der Waals surface area contributed by atoms with E-state index < -0.39 is 5.97 Å². The number of carbonyl (C=O) groups excluding carboxylic acids is 1. The molecule has 1 aliphatic heterocycles. The Hall–Kier alpha value is -1.32. The Balaban J connectivity index is 2.53. The van der Waals surface area contributed by atoms with Crippen molar-refractivity contribution in [3.05, 3.63) is 11.6 Å². The lowest BCUT2D eigenvalue weighted by molar-refractivity contribution is -0.139. The van der Waals surface area contributed by atoms with Gasteiger partial charge in [-0.3, -0.25) is 9.59 Å². The molecule has 0 aromatic rings. The second kappa shape index (κ2) is 5.68. The van der Waals surface area contributed by atoms with Gasteiger partial charge in [-0.25, -0.2) is 0 Å². The predicted octanol–water partition coefficient (Wildman–Crippen LogP) is 1.67. The van der Waals surface area contributed by atoms with Crippen LogP contribution in [0.2, 0.25) is 0 Å². The van der Waals surface area contributed by atoms with E-state index in [2.05, 4.69) is 0 Å². The first kappa shape index (κ1) is 12.7. The summed E-state index contributed by atoms with van der Waals surface area (Å²) < 4.78 is 0. The molecule has 4 nitrogen and oxygen atoms in total. The van der Waals surface area contributed by atoms with Crippen molar-refractivity contribution in [2.45, 2.75) is 33.1 Å². The van der Waals surface area contributed by atoms with E-state index in [0.29, 0.717) is 6.54 Å². The molecule has 1 saturated heterocycles. The number of hydrogen-bond donors (Lipinski definition) is 1. The van der Waals surface area contributed by atoms with Crippen molar-refractivity contribution in [2.75, 3.05) is 13.1 Å². The Morgan fingerprint density at radius 3 is 2.69 bits per heavy atom. The van der Waals surface area contributed by atoms with Crippen LogP contribution in [-0.4, -0.2) is 35.0 Å². The normalized spacial score (nSPS) is 20.4. The summed E-state index contributed by atoms with van der Waals surface area (Å²) in [4.78, 5) is 24.1. The number of allylic oxidation sites excluding steroid dienone is 1. The van der Waals surface area contributed by atoms with Crippen LogP contribution in [0.3, 0.4) is 0 Å². The third-order valence-corrected chi connectivity index (χ3v) is 2.71. The molecule has 1 fully saturated rings. The van der Waals surface area contributed by atoms with Crippen molar-refractivity contribution in [1.82, 2.24) is 4.90 Å². The van der Waals surface area contributed by atoms with Crippen LogP contribution in [0.4, 0.5) is 0 Å². The number of carboxylic acids is 1. The van der Waals surface area contributed by atoms with Gasteiger partial charge in [-0.1, -0.05) is 5.57 Å².